The van der Waals surface area contributed by atoms with Crippen LogP contribution in [-0.4, -0.2) is 28.9 Å². The third kappa shape index (κ3) is 3.52. The summed E-state index contributed by atoms with van der Waals surface area (Å²) in [6, 6.07) is 6.57. The Bertz CT molecular complexity index is 634. The first-order valence-corrected chi connectivity index (χ1v) is 7.59. The van der Waals surface area contributed by atoms with E-state index in [0.717, 1.165) is 0 Å². The van der Waals surface area contributed by atoms with Gasteiger partial charge in [-0.15, -0.1) is 0 Å². The fourth-order valence-corrected chi connectivity index (χ4v) is 2.86. The van der Waals surface area contributed by atoms with Crippen molar-refractivity contribution in [2.75, 3.05) is 5.32 Å². The number of hydrogen-bond donors (Lipinski definition) is 3. The second-order valence-corrected chi connectivity index (χ2v) is 6.81. The molecule has 0 heterocycles. The molecule has 3 N–H and O–H groups in total. The lowest BCUT2D eigenvalue weighted by Crippen LogP contribution is -2.30. The molecule has 0 radical (unpaired) electrons. The number of carboxylic acids is 1. The van der Waals surface area contributed by atoms with E-state index in [4.69, 9.17) is 5.11 Å². The zero-order valence-electron chi connectivity index (χ0n) is 13.7. The number of aliphatic carboxylic acids is 1. The Morgan fingerprint density at radius 2 is 1.65 bits per heavy atom. The van der Waals surface area contributed by atoms with E-state index in [2.05, 4.69) is 10.6 Å². The minimum Gasteiger partial charge on any atom is -0.481 e. The number of carboxylic acid groups (broad SMARTS) is 1. The first-order valence-electron chi connectivity index (χ1n) is 7.59. The molecule has 1 aromatic carbocycles. The Balaban J connectivity index is 2.01. The van der Waals surface area contributed by atoms with Gasteiger partial charge < -0.3 is 15.7 Å². The minimum absolute atomic E-state index is 0.0481. The van der Waals surface area contributed by atoms with E-state index in [0.29, 0.717) is 11.3 Å². The molecule has 0 saturated heterocycles. The van der Waals surface area contributed by atoms with E-state index in [1.807, 2.05) is 13.8 Å². The Morgan fingerprint density at radius 1 is 1.09 bits per heavy atom. The minimum atomic E-state index is -0.948. The lowest BCUT2D eigenvalue weighted by molar-refractivity contribution is -0.140. The highest BCUT2D eigenvalue weighted by molar-refractivity contribution is 6.00. The van der Waals surface area contributed by atoms with E-state index in [9.17, 15) is 14.4 Å². The van der Waals surface area contributed by atoms with E-state index in [1.54, 1.807) is 38.1 Å². The fourth-order valence-electron chi connectivity index (χ4n) is 2.86. The van der Waals surface area contributed by atoms with Crippen LogP contribution in [0.25, 0.3) is 0 Å². The summed E-state index contributed by atoms with van der Waals surface area (Å²) in [5.41, 5.74) is 0.516. The molecule has 1 saturated carbocycles. The van der Waals surface area contributed by atoms with Gasteiger partial charge in [-0.3, -0.25) is 14.4 Å². The van der Waals surface area contributed by atoms with E-state index in [-0.39, 0.29) is 17.9 Å². The van der Waals surface area contributed by atoms with Crippen LogP contribution in [0.3, 0.4) is 0 Å². The van der Waals surface area contributed by atoms with Crippen LogP contribution in [-0.2, 0) is 9.59 Å². The molecule has 0 aliphatic heterocycles. The molecule has 2 amide bonds. The van der Waals surface area contributed by atoms with Crippen molar-refractivity contribution in [2.24, 2.45) is 17.3 Å². The zero-order chi connectivity index (χ0) is 17.4. The number of benzene rings is 1. The summed E-state index contributed by atoms with van der Waals surface area (Å²) >= 11 is 0. The van der Waals surface area contributed by atoms with Gasteiger partial charge in [-0.05, 0) is 43.5 Å². The highest BCUT2D eigenvalue weighted by atomic mass is 16.4. The first kappa shape index (κ1) is 17.0. The Labute approximate surface area is 135 Å². The van der Waals surface area contributed by atoms with E-state index in [1.165, 1.54) is 0 Å². The molecule has 2 atom stereocenters. The van der Waals surface area contributed by atoms with Crippen molar-refractivity contribution >= 4 is 23.5 Å². The molecule has 6 heteroatoms. The van der Waals surface area contributed by atoms with Crippen LogP contribution in [0, 0.1) is 17.3 Å². The van der Waals surface area contributed by atoms with Gasteiger partial charge in [0.1, 0.15) is 0 Å². The molecule has 0 unspecified atom stereocenters. The largest absolute Gasteiger partial charge is 0.481 e. The predicted octanol–water partition coefficient (Wildman–Crippen LogP) is 2.12. The van der Waals surface area contributed by atoms with Crippen LogP contribution in [0.2, 0.25) is 0 Å². The number of anilines is 1. The topological polar surface area (TPSA) is 95.5 Å². The van der Waals surface area contributed by atoms with Gasteiger partial charge in [-0.2, -0.15) is 0 Å². The summed E-state index contributed by atoms with van der Waals surface area (Å²) in [7, 11) is 0. The number of hydrogen-bond acceptors (Lipinski definition) is 3. The molecule has 1 aromatic rings. The monoisotopic (exact) mass is 318 g/mol. The quantitative estimate of drug-likeness (QED) is 0.775. The van der Waals surface area contributed by atoms with Crippen LogP contribution >= 0.6 is 0 Å². The van der Waals surface area contributed by atoms with Gasteiger partial charge in [0.2, 0.25) is 5.91 Å². The number of amides is 2. The summed E-state index contributed by atoms with van der Waals surface area (Å²) in [5.74, 6) is -2.62. The molecule has 1 fully saturated rings. The second-order valence-electron chi connectivity index (χ2n) is 6.81. The number of carbonyl (C=O) groups excluding carboxylic acids is 2. The highest BCUT2D eigenvalue weighted by Gasteiger charge is 2.65. The smallest absolute Gasteiger partial charge is 0.307 e. The summed E-state index contributed by atoms with van der Waals surface area (Å²) in [6.45, 7) is 7.30. The van der Waals surface area contributed by atoms with Crippen molar-refractivity contribution in [1.29, 1.82) is 0 Å². The maximum Gasteiger partial charge on any atom is 0.307 e. The van der Waals surface area contributed by atoms with Crippen LogP contribution in [0.4, 0.5) is 5.69 Å². The van der Waals surface area contributed by atoms with Crippen LogP contribution in [0.5, 0.6) is 0 Å². The van der Waals surface area contributed by atoms with Gasteiger partial charge in [0.15, 0.2) is 0 Å². The molecule has 124 valence electrons. The van der Waals surface area contributed by atoms with Crippen molar-refractivity contribution in [1.82, 2.24) is 5.32 Å². The molecular formula is C17H22N2O4. The second kappa shape index (κ2) is 6.02. The molecule has 6 nitrogen and oxygen atoms in total. The first-order chi connectivity index (χ1) is 10.6. The zero-order valence-corrected chi connectivity index (χ0v) is 13.7. The number of nitrogens with one attached hydrogen (secondary N) is 2. The number of rotatable bonds is 5. The van der Waals surface area contributed by atoms with Crippen molar-refractivity contribution in [3.05, 3.63) is 29.8 Å². The van der Waals surface area contributed by atoms with E-state index < -0.39 is 23.2 Å². The van der Waals surface area contributed by atoms with Crippen molar-refractivity contribution < 1.29 is 19.5 Å². The Kier molecular flexibility index (Phi) is 4.45. The molecule has 1 aliphatic carbocycles. The maximum absolute atomic E-state index is 12.2. The van der Waals surface area contributed by atoms with Gasteiger partial charge in [0.25, 0.3) is 5.91 Å². The molecule has 1 aliphatic rings. The van der Waals surface area contributed by atoms with Crippen LogP contribution in [0.15, 0.2) is 24.3 Å². The standard InChI is InChI=1S/C17H22N2O4/c1-9(2)18-14(20)10-5-7-11(8-6-10)19-15(21)12-13(16(22)23)17(12,3)4/h5-9,12-13H,1-4H3,(H,18,20)(H,19,21)(H,22,23)/t12-,13+/m1/s1. The fraction of sp³-hybridized carbons (Fsp3) is 0.471. The third-order valence-electron chi connectivity index (χ3n) is 4.21. The SMILES string of the molecule is CC(C)NC(=O)c1ccc(NC(=O)[C@H]2[C@@H](C(=O)O)C2(C)C)cc1. The van der Waals surface area contributed by atoms with Gasteiger partial charge >= 0.3 is 5.97 Å². The van der Waals surface area contributed by atoms with Crippen LogP contribution in [0.1, 0.15) is 38.1 Å². The van der Waals surface area contributed by atoms with Gasteiger partial charge in [-0.1, -0.05) is 13.8 Å². The van der Waals surface area contributed by atoms with Gasteiger partial charge in [0, 0.05) is 17.3 Å². The molecule has 0 spiro atoms. The normalized spacial score (nSPS) is 21.6. The average molecular weight is 318 g/mol. The lowest BCUT2D eigenvalue weighted by Gasteiger charge is -2.09. The summed E-state index contributed by atoms with van der Waals surface area (Å²) < 4.78 is 0. The maximum atomic E-state index is 12.2. The summed E-state index contributed by atoms with van der Waals surface area (Å²) in [6.07, 6.45) is 0. The number of carbonyl (C=O) groups is 3. The molecule has 0 bridgehead atoms. The van der Waals surface area contributed by atoms with Gasteiger partial charge in [-0.25, -0.2) is 0 Å². The molecule has 23 heavy (non-hydrogen) atoms. The Hall–Kier alpha value is -2.37. The van der Waals surface area contributed by atoms with Crippen molar-refractivity contribution in [3.63, 3.8) is 0 Å². The summed E-state index contributed by atoms with van der Waals surface area (Å²) in [5, 5.41) is 14.6. The lowest BCUT2D eigenvalue weighted by atomic mass is 10.1. The molecule has 2 rings (SSSR count). The third-order valence-corrected chi connectivity index (χ3v) is 4.21. The Morgan fingerprint density at radius 3 is 2.09 bits per heavy atom. The molecule has 0 aromatic heterocycles. The predicted molar refractivity (Wildman–Crippen MR) is 86.1 cm³/mol. The van der Waals surface area contributed by atoms with Crippen LogP contribution < -0.4 is 10.6 Å². The van der Waals surface area contributed by atoms with Crippen molar-refractivity contribution in [2.45, 2.75) is 33.7 Å². The average Bonchev–Trinajstić information content (AvgIpc) is 3.02. The van der Waals surface area contributed by atoms with E-state index >= 15 is 0 Å². The highest BCUT2D eigenvalue weighted by Crippen LogP contribution is 2.58. The van der Waals surface area contributed by atoms with Crippen molar-refractivity contribution in [3.8, 4) is 0 Å². The van der Waals surface area contributed by atoms with Gasteiger partial charge in [0.05, 0.1) is 11.8 Å². The molecular weight excluding hydrogens is 296 g/mol. The summed E-state index contributed by atoms with van der Waals surface area (Å²) in [4.78, 5) is 35.2.